The van der Waals surface area contributed by atoms with Crippen LogP contribution in [0.15, 0.2) is 24.3 Å². The van der Waals surface area contributed by atoms with E-state index in [1.54, 1.807) is 0 Å². The molecule has 0 spiro atoms. The second-order valence-electron chi connectivity index (χ2n) is 5.58. The van der Waals surface area contributed by atoms with Crippen LogP contribution in [0.3, 0.4) is 0 Å². The Morgan fingerprint density at radius 1 is 1.00 bits per heavy atom. The van der Waals surface area contributed by atoms with Gasteiger partial charge in [-0.1, -0.05) is 44.7 Å². The quantitative estimate of drug-likeness (QED) is 0.585. The zero-order valence-corrected chi connectivity index (χ0v) is 13.6. The third kappa shape index (κ3) is 8.74. The molecular formula is C18H31NO2. The lowest BCUT2D eigenvalue weighted by molar-refractivity contribution is 0.0507. The van der Waals surface area contributed by atoms with Crippen LogP contribution in [0.5, 0.6) is 5.75 Å². The first-order valence-electron chi connectivity index (χ1n) is 8.29. The summed E-state index contributed by atoms with van der Waals surface area (Å²) < 4.78 is 11.5. The fourth-order valence-corrected chi connectivity index (χ4v) is 2.20. The van der Waals surface area contributed by atoms with E-state index >= 15 is 0 Å². The summed E-state index contributed by atoms with van der Waals surface area (Å²) in [6.45, 7) is 6.45. The Kier molecular flexibility index (Phi) is 9.92. The number of hydrogen-bond donors (Lipinski definition) is 1. The van der Waals surface area contributed by atoms with Crippen molar-refractivity contribution < 1.29 is 9.47 Å². The van der Waals surface area contributed by atoms with Crippen molar-refractivity contribution in [2.75, 3.05) is 13.2 Å². The van der Waals surface area contributed by atoms with Gasteiger partial charge in [0.15, 0.2) is 0 Å². The maximum atomic E-state index is 5.80. The van der Waals surface area contributed by atoms with E-state index in [0.29, 0.717) is 19.3 Å². The highest BCUT2D eigenvalue weighted by molar-refractivity contribution is 5.26. The third-order valence-electron chi connectivity index (χ3n) is 3.58. The van der Waals surface area contributed by atoms with Gasteiger partial charge in [0, 0.05) is 13.0 Å². The zero-order valence-electron chi connectivity index (χ0n) is 13.6. The third-order valence-corrected chi connectivity index (χ3v) is 3.58. The smallest absolute Gasteiger partial charge is 0.119 e. The molecule has 0 aliphatic rings. The Balaban J connectivity index is 2.00. The first-order valence-corrected chi connectivity index (χ1v) is 8.29. The maximum absolute atomic E-state index is 5.80. The van der Waals surface area contributed by atoms with Gasteiger partial charge in [0.25, 0.3) is 0 Å². The molecule has 0 radical (unpaired) electrons. The van der Waals surface area contributed by atoms with Gasteiger partial charge in [0.2, 0.25) is 0 Å². The van der Waals surface area contributed by atoms with Gasteiger partial charge in [-0.05, 0) is 31.0 Å². The van der Waals surface area contributed by atoms with Crippen LogP contribution in [-0.2, 0) is 11.3 Å². The number of unbranched alkanes of at least 4 members (excludes halogenated alkanes) is 3. The Labute approximate surface area is 129 Å². The SMILES string of the molecule is CCCCCCC(C)OCCCOc1ccc(CN)cc1. The lowest BCUT2D eigenvalue weighted by atomic mass is 10.1. The lowest BCUT2D eigenvalue weighted by Gasteiger charge is -2.13. The van der Waals surface area contributed by atoms with E-state index in [-0.39, 0.29) is 0 Å². The fourth-order valence-electron chi connectivity index (χ4n) is 2.20. The molecule has 0 amide bonds. The number of nitrogens with two attached hydrogens (primary N) is 1. The van der Waals surface area contributed by atoms with E-state index < -0.39 is 0 Å². The summed E-state index contributed by atoms with van der Waals surface area (Å²) in [6, 6.07) is 7.95. The highest BCUT2D eigenvalue weighted by Gasteiger charge is 2.02. The molecule has 0 saturated heterocycles. The molecule has 3 heteroatoms. The molecule has 0 aliphatic heterocycles. The van der Waals surface area contributed by atoms with E-state index in [1.165, 1.54) is 32.1 Å². The van der Waals surface area contributed by atoms with Crippen molar-refractivity contribution in [3.8, 4) is 5.75 Å². The average molecular weight is 293 g/mol. The van der Waals surface area contributed by atoms with Gasteiger partial charge in [-0.15, -0.1) is 0 Å². The molecule has 0 heterocycles. The predicted octanol–water partition coefficient (Wildman–Crippen LogP) is 4.29. The van der Waals surface area contributed by atoms with E-state index in [0.717, 1.165) is 24.3 Å². The lowest BCUT2D eigenvalue weighted by Crippen LogP contribution is -2.11. The summed E-state index contributed by atoms with van der Waals surface area (Å²) >= 11 is 0. The van der Waals surface area contributed by atoms with Crippen molar-refractivity contribution in [2.24, 2.45) is 5.73 Å². The molecule has 0 aromatic heterocycles. The number of rotatable bonds is 12. The zero-order chi connectivity index (χ0) is 15.3. The molecule has 0 saturated carbocycles. The molecule has 1 aromatic carbocycles. The van der Waals surface area contributed by atoms with Crippen LogP contribution in [0.2, 0.25) is 0 Å². The molecule has 120 valence electrons. The molecule has 0 fully saturated rings. The topological polar surface area (TPSA) is 44.5 Å². The second-order valence-corrected chi connectivity index (χ2v) is 5.58. The van der Waals surface area contributed by atoms with E-state index in [4.69, 9.17) is 15.2 Å². The molecule has 1 unspecified atom stereocenters. The summed E-state index contributed by atoms with van der Waals surface area (Å²) in [4.78, 5) is 0. The first kappa shape index (κ1) is 18.0. The van der Waals surface area contributed by atoms with Crippen LogP contribution in [0.1, 0.15) is 57.9 Å². The molecule has 1 atom stereocenters. The summed E-state index contributed by atoms with van der Waals surface area (Å²) in [5.74, 6) is 0.903. The molecular weight excluding hydrogens is 262 g/mol. The highest BCUT2D eigenvalue weighted by Crippen LogP contribution is 2.12. The summed E-state index contributed by atoms with van der Waals surface area (Å²) in [6.07, 6.45) is 7.69. The standard InChI is InChI=1S/C18H31NO2/c1-3-4-5-6-8-16(2)20-13-7-14-21-18-11-9-17(15-19)10-12-18/h9-12,16H,3-8,13-15,19H2,1-2H3. The van der Waals surface area contributed by atoms with Crippen molar-refractivity contribution in [2.45, 2.75) is 65.0 Å². The monoisotopic (exact) mass is 293 g/mol. The Hall–Kier alpha value is -1.06. The van der Waals surface area contributed by atoms with Gasteiger partial charge < -0.3 is 15.2 Å². The number of ether oxygens (including phenoxy) is 2. The normalized spacial score (nSPS) is 12.3. The Bertz CT molecular complexity index is 351. The van der Waals surface area contributed by atoms with E-state index in [2.05, 4.69) is 13.8 Å². The van der Waals surface area contributed by atoms with E-state index in [1.807, 2.05) is 24.3 Å². The van der Waals surface area contributed by atoms with Crippen molar-refractivity contribution in [1.82, 2.24) is 0 Å². The minimum Gasteiger partial charge on any atom is -0.494 e. The maximum Gasteiger partial charge on any atom is 0.119 e. The molecule has 3 nitrogen and oxygen atoms in total. The van der Waals surface area contributed by atoms with Gasteiger partial charge in [0.05, 0.1) is 19.3 Å². The second kappa shape index (κ2) is 11.6. The van der Waals surface area contributed by atoms with Crippen LogP contribution >= 0.6 is 0 Å². The van der Waals surface area contributed by atoms with Crippen molar-refractivity contribution >= 4 is 0 Å². The van der Waals surface area contributed by atoms with Gasteiger partial charge in [-0.3, -0.25) is 0 Å². The molecule has 1 aromatic rings. The molecule has 1 rings (SSSR count). The number of hydrogen-bond acceptors (Lipinski definition) is 3. The summed E-state index contributed by atoms with van der Waals surface area (Å²) in [5.41, 5.74) is 6.69. The molecule has 2 N–H and O–H groups in total. The van der Waals surface area contributed by atoms with Crippen LogP contribution in [0.4, 0.5) is 0 Å². The molecule has 21 heavy (non-hydrogen) atoms. The van der Waals surface area contributed by atoms with Gasteiger partial charge in [-0.25, -0.2) is 0 Å². The predicted molar refractivity (Wildman–Crippen MR) is 88.6 cm³/mol. The summed E-state index contributed by atoms with van der Waals surface area (Å²) in [5, 5.41) is 0. The van der Waals surface area contributed by atoms with Crippen LogP contribution in [0.25, 0.3) is 0 Å². The van der Waals surface area contributed by atoms with Gasteiger partial charge >= 0.3 is 0 Å². The van der Waals surface area contributed by atoms with Crippen LogP contribution in [0, 0.1) is 0 Å². The minimum absolute atomic E-state index is 0.366. The van der Waals surface area contributed by atoms with Crippen LogP contribution in [-0.4, -0.2) is 19.3 Å². The van der Waals surface area contributed by atoms with Crippen molar-refractivity contribution in [3.05, 3.63) is 29.8 Å². The highest BCUT2D eigenvalue weighted by atomic mass is 16.5. The van der Waals surface area contributed by atoms with E-state index in [9.17, 15) is 0 Å². The fraction of sp³-hybridized carbons (Fsp3) is 0.667. The minimum atomic E-state index is 0.366. The van der Waals surface area contributed by atoms with Gasteiger partial charge in [-0.2, -0.15) is 0 Å². The number of benzene rings is 1. The Morgan fingerprint density at radius 3 is 2.43 bits per heavy atom. The largest absolute Gasteiger partial charge is 0.494 e. The average Bonchev–Trinajstić information content (AvgIpc) is 2.52. The summed E-state index contributed by atoms with van der Waals surface area (Å²) in [7, 11) is 0. The molecule has 0 aliphatic carbocycles. The van der Waals surface area contributed by atoms with Crippen LogP contribution < -0.4 is 10.5 Å². The van der Waals surface area contributed by atoms with Gasteiger partial charge in [0.1, 0.15) is 5.75 Å². The molecule has 0 bridgehead atoms. The van der Waals surface area contributed by atoms with Crippen molar-refractivity contribution in [1.29, 1.82) is 0 Å². The van der Waals surface area contributed by atoms with Crippen molar-refractivity contribution in [3.63, 3.8) is 0 Å². The Morgan fingerprint density at radius 2 is 1.76 bits per heavy atom. The first-order chi connectivity index (χ1) is 10.3.